The Kier molecular flexibility index (Phi) is 9.02. The lowest BCUT2D eigenvalue weighted by Gasteiger charge is -2.45. The minimum absolute atomic E-state index is 0.00723. The lowest BCUT2D eigenvalue weighted by Crippen LogP contribution is -2.64. The van der Waals surface area contributed by atoms with Crippen molar-refractivity contribution in [2.45, 2.75) is 71.3 Å². The lowest BCUT2D eigenvalue weighted by atomic mass is 9.82. The third-order valence-corrected chi connectivity index (χ3v) is 11.0. The monoisotopic (exact) mass is 504 g/mol. The van der Waals surface area contributed by atoms with Gasteiger partial charge in [0.2, 0.25) is 5.91 Å². The van der Waals surface area contributed by atoms with Crippen molar-refractivity contribution in [2.24, 2.45) is 5.92 Å². The van der Waals surface area contributed by atoms with Crippen LogP contribution in [0.1, 0.15) is 51.4 Å². The molecule has 0 radical (unpaired) electrons. The standard InChI is InChI=1S/C25H36N2O7Si/c1-9-12-32-24(31)27-18-13-17(10-11-21(18)33-16(3)28)20(29)14-19-22(23(30)26-19)15(2)34-35(7,8)25(4,5)6/h9-11,13,15,19,22H,1,12,14H2,2-8H3,(H,26,30)(H,27,31)/t15-,19-,22-/m1/s1. The molecule has 10 heteroatoms. The molecule has 9 nitrogen and oxygen atoms in total. The molecule has 0 spiro atoms. The maximum absolute atomic E-state index is 13.1. The van der Waals surface area contributed by atoms with Crippen molar-refractivity contribution in [3.05, 3.63) is 36.4 Å². The van der Waals surface area contributed by atoms with Gasteiger partial charge in [0.05, 0.1) is 23.8 Å². The van der Waals surface area contributed by atoms with Crippen molar-refractivity contribution in [1.29, 1.82) is 0 Å². The van der Waals surface area contributed by atoms with Crippen molar-refractivity contribution in [2.75, 3.05) is 11.9 Å². The summed E-state index contributed by atoms with van der Waals surface area (Å²) in [7, 11) is -2.09. The number of rotatable bonds is 10. The third kappa shape index (κ3) is 7.25. The van der Waals surface area contributed by atoms with Gasteiger partial charge in [-0.2, -0.15) is 0 Å². The Morgan fingerprint density at radius 2 is 1.91 bits per heavy atom. The van der Waals surface area contributed by atoms with E-state index in [0.717, 1.165) is 0 Å². The maximum atomic E-state index is 13.1. The van der Waals surface area contributed by atoms with Crippen molar-refractivity contribution < 1.29 is 33.1 Å². The summed E-state index contributed by atoms with van der Waals surface area (Å²) in [5.74, 6) is -1.30. The molecule has 1 aliphatic heterocycles. The second kappa shape index (κ2) is 11.2. The molecule has 0 aromatic heterocycles. The molecule has 2 amide bonds. The number of hydrogen-bond acceptors (Lipinski definition) is 7. The molecular weight excluding hydrogens is 468 g/mol. The molecule has 0 unspecified atom stereocenters. The first-order chi connectivity index (χ1) is 16.2. The first-order valence-corrected chi connectivity index (χ1v) is 14.5. The van der Waals surface area contributed by atoms with Crippen molar-refractivity contribution in [3.63, 3.8) is 0 Å². The largest absolute Gasteiger partial charge is 0.445 e. The number of amides is 2. The van der Waals surface area contributed by atoms with E-state index in [9.17, 15) is 19.2 Å². The predicted octanol–water partition coefficient (Wildman–Crippen LogP) is 4.44. The topological polar surface area (TPSA) is 120 Å². The van der Waals surface area contributed by atoms with E-state index in [1.165, 1.54) is 31.2 Å². The van der Waals surface area contributed by atoms with Gasteiger partial charge in [-0.3, -0.25) is 19.7 Å². The highest BCUT2D eigenvalue weighted by atomic mass is 28.4. The van der Waals surface area contributed by atoms with Gasteiger partial charge in [0.1, 0.15) is 6.61 Å². The number of anilines is 1. The van der Waals surface area contributed by atoms with Crippen LogP contribution < -0.4 is 15.4 Å². The number of Topliss-reactive ketones (excluding diaryl/α,β-unsaturated/α-hetero) is 1. The van der Waals surface area contributed by atoms with Crippen LogP contribution in [-0.4, -0.2) is 50.8 Å². The number of ether oxygens (including phenoxy) is 2. The van der Waals surface area contributed by atoms with Gasteiger partial charge in [-0.15, -0.1) is 0 Å². The van der Waals surface area contributed by atoms with E-state index >= 15 is 0 Å². The summed E-state index contributed by atoms with van der Waals surface area (Å²) >= 11 is 0. The zero-order valence-corrected chi connectivity index (χ0v) is 22.5. The molecule has 3 atom stereocenters. The second-order valence-electron chi connectivity index (χ2n) is 10.2. The van der Waals surface area contributed by atoms with Crippen molar-refractivity contribution >= 4 is 37.8 Å². The van der Waals surface area contributed by atoms with Crippen molar-refractivity contribution in [3.8, 4) is 5.75 Å². The smallest absolute Gasteiger partial charge is 0.412 e. The zero-order chi connectivity index (χ0) is 26.6. The molecule has 1 saturated heterocycles. The maximum Gasteiger partial charge on any atom is 0.412 e. The van der Waals surface area contributed by atoms with E-state index in [0.29, 0.717) is 0 Å². The number of β-lactam (4-membered cyclic amide) rings is 1. The van der Waals surface area contributed by atoms with Gasteiger partial charge in [-0.1, -0.05) is 33.4 Å². The number of hydrogen-bond donors (Lipinski definition) is 2. The normalized spacial score (nSPS) is 18.5. The second-order valence-corrected chi connectivity index (χ2v) is 14.9. The fourth-order valence-electron chi connectivity index (χ4n) is 3.53. The van der Waals surface area contributed by atoms with E-state index in [4.69, 9.17) is 13.9 Å². The molecule has 2 rings (SSSR count). The molecule has 0 aliphatic carbocycles. The van der Waals surface area contributed by atoms with Crippen LogP contribution >= 0.6 is 0 Å². The molecule has 1 aromatic rings. The fraction of sp³-hybridized carbons (Fsp3) is 0.520. The number of nitrogens with one attached hydrogen (secondary N) is 2. The summed E-state index contributed by atoms with van der Waals surface area (Å²) in [5, 5.41) is 5.28. The van der Waals surface area contributed by atoms with Gasteiger partial charge in [-0.25, -0.2) is 4.79 Å². The quantitative estimate of drug-likeness (QED) is 0.121. The summed E-state index contributed by atoms with van der Waals surface area (Å²) in [4.78, 5) is 48.8. The number of carbonyl (C=O) groups is 4. The molecular formula is C25H36N2O7Si. The first kappa shape index (κ1) is 28.3. The Balaban J connectivity index is 2.16. The average Bonchev–Trinajstić information content (AvgIpc) is 2.71. The van der Waals surface area contributed by atoms with E-state index in [-0.39, 0.29) is 58.9 Å². The number of benzene rings is 1. The Morgan fingerprint density at radius 1 is 1.26 bits per heavy atom. The highest BCUT2D eigenvalue weighted by molar-refractivity contribution is 6.74. The van der Waals surface area contributed by atoms with Gasteiger partial charge >= 0.3 is 12.1 Å². The van der Waals surface area contributed by atoms with Crippen LogP contribution in [0, 0.1) is 5.92 Å². The summed E-state index contributed by atoms with van der Waals surface area (Å²) < 4.78 is 16.4. The Hall–Kier alpha value is -2.98. The van der Waals surface area contributed by atoms with Crippen LogP contribution in [0.5, 0.6) is 5.75 Å². The van der Waals surface area contributed by atoms with Gasteiger partial charge in [-0.05, 0) is 43.3 Å². The van der Waals surface area contributed by atoms with Crippen LogP contribution in [0.3, 0.4) is 0 Å². The zero-order valence-electron chi connectivity index (χ0n) is 21.5. The van der Waals surface area contributed by atoms with Crippen molar-refractivity contribution in [1.82, 2.24) is 5.32 Å². The number of ketones is 1. The molecule has 1 aliphatic rings. The molecule has 1 aromatic carbocycles. The summed E-state index contributed by atoms with van der Waals surface area (Å²) in [5.41, 5.74) is 0.404. The Morgan fingerprint density at radius 3 is 2.46 bits per heavy atom. The minimum atomic E-state index is -2.09. The highest BCUT2D eigenvalue weighted by Crippen LogP contribution is 2.39. The number of esters is 1. The van der Waals surface area contributed by atoms with Crippen LogP contribution in [0.2, 0.25) is 18.1 Å². The van der Waals surface area contributed by atoms with E-state index in [1.54, 1.807) is 0 Å². The summed E-state index contributed by atoms with van der Waals surface area (Å²) in [6.45, 7) is 17.2. The molecule has 1 heterocycles. The van der Waals surface area contributed by atoms with Crippen LogP contribution in [-0.2, 0) is 18.8 Å². The number of carbonyl (C=O) groups excluding carboxylic acids is 4. The van der Waals surface area contributed by atoms with Gasteiger partial charge < -0.3 is 19.2 Å². The van der Waals surface area contributed by atoms with E-state index < -0.39 is 26.3 Å². The van der Waals surface area contributed by atoms with Crippen LogP contribution in [0.4, 0.5) is 10.5 Å². The van der Waals surface area contributed by atoms with E-state index in [1.807, 2.05) is 6.92 Å². The predicted molar refractivity (Wildman–Crippen MR) is 135 cm³/mol. The fourth-order valence-corrected chi connectivity index (χ4v) is 4.96. The van der Waals surface area contributed by atoms with E-state index in [2.05, 4.69) is 51.1 Å². The van der Waals surface area contributed by atoms with Crippen LogP contribution in [0.25, 0.3) is 0 Å². The molecule has 1 fully saturated rings. The SMILES string of the molecule is C=CCOC(=O)Nc1cc(C(=O)C[C@H]2NC(=O)[C@@H]2[C@@H](C)O[Si](C)(C)C(C)(C)C)ccc1OC(C)=O. The highest BCUT2D eigenvalue weighted by Gasteiger charge is 2.47. The first-order valence-electron chi connectivity index (χ1n) is 11.5. The van der Waals surface area contributed by atoms with Gasteiger partial charge in [0, 0.05) is 18.9 Å². The average molecular weight is 505 g/mol. The third-order valence-electron chi connectivity index (χ3n) is 6.39. The Bertz CT molecular complexity index is 1000. The Labute approximate surface area is 207 Å². The molecule has 35 heavy (non-hydrogen) atoms. The molecule has 2 N–H and O–H groups in total. The van der Waals surface area contributed by atoms with Crippen LogP contribution in [0.15, 0.2) is 30.9 Å². The molecule has 0 saturated carbocycles. The molecule has 0 bridgehead atoms. The summed E-state index contributed by atoms with van der Waals surface area (Å²) in [6.07, 6.45) is 0.358. The minimum Gasteiger partial charge on any atom is -0.445 e. The van der Waals surface area contributed by atoms with Gasteiger partial charge in [0.25, 0.3) is 0 Å². The summed E-state index contributed by atoms with van der Waals surface area (Å²) in [6, 6.07) is 3.99. The lowest BCUT2D eigenvalue weighted by molar-refractivity contribution is -0.139. The van der Waals surface area contributed by atoms with Gasteiger partial charge in [0.15, 0.2) is 19.9 Å². The molecule has 192 valence electrons.